The number of amides is 2. The lowest BCUT2D eigenvalue weighted by molar-refractivity contribution is 0.0668. The van der Waals surface area contributed by atoms with Crippen LogP contribution in [0.5, 0.6) is 0 Å². The van der Waals surface area contributed by atoms with Crippen LogP contribution in [-0.2, 0) is 11.8 Å². The van der Waals surface area contributed by atoms with Gasteiger partial charge in [0.25, 0.3) is 11.8 Å². The highest BCUT2D eigenvalue weighted by Gasteiger charge is 2.18. The Morgan fingerprint density at radius 1 is 1.36 bits per heavy atom. The van der Waals surface area contributed by atoms with Gasteiger partial charge in [-0.2, -0.15) is 0 Å². The molecule has 0 aromatic carbocycles. The SMILES string of the molecule is Cn1cc(-c2ncccc2C(N)=O)cc1C(=O)NCCC(=N)N1CCOCC1. The molecule has 3 rings (SSSR count). The summed E-state index contributed by atoms with van der Waals surface area (Å²) < 4.78 is 6.96. The van der Waals surface area contributed by atoms with Gasteiger partial charge >= 0.3 is 0 Å². The van der Waals surface area contributed by atoms with Gasteiger partial charge in [0.15, 0.2) is 0 Å². The van der Waals surface area contributed by atoms with E-state index in [2.05, 4.69) is 10.3 Å². The van der Waals surface area contributed by atoms with E-state index in [0.717, 1.165) is 0 Å². The van der Waals surface area contributed by atoms with E-state index in [1.54, 1.807) is 42.2 Å². The van der Waals surface area contributed by atoms with Gasteiger partial charge in [-0.15, -0.1) is 0 Å². The Hall–Kier alpha value is -3.20. The van der Waals surface area contributed by atoms with Crippen molar-refractivity contribution in [3.63, 3.8) is 0 Å². The number of aromatic nitrogens is 2. The zero-order valence-electron chi connectivity index (χ0n) is 15.8. The molecule has 0 aliphatic carbocycles. The topological polar surface area (TPSA) is 126 Å². The number of nitrogens with one attached hydrogen (secondary N) is 2. The number of ether oxygens (including phenoxy) is 1. The van der Waals surface area contributed by atoms with Gasteiger partial charge in [0.1, 0.15) is 5.69 Å². The average molecular weight is 384 g/mol. The number of hydrogen-bond donors (Lipinski definition) is 3. The van der Waals surface area contributed by atoms with Gasteiger partial charge in [-0.1, -0.05) is 0 Å². The Bertz CT molecular complexity index is 886. The number of rotatable bonds is 6. The molecule has 9 heteroatoms. The van der Waals surface area contributed by atoms with Crippen molar-refractivity contribution >= 4 is 17.6 Å². The third kappa shape index (κ3) is 4.37. The third-order valence-corrected chi connectivity index (χ3v) is 4.62. The minimum Gasteiger partial charge on any atom is -0.378 e. The Labute approximate surface area is 163 Å². The zero-order valence-corrected chi connectivity index (χ0v) is 15.8. The van der Waals surface area contributed by atoms with Crippen molar-refractivity contribution in [3.8, 4) is 11.3 Å². The fraction of sp³-hybridized carbons (Fsp3) is 0.368. The molecule has 1 fully saturated rings. The van der Waals surface area contributed by atoms with Crippen molar-refractivity contribution in [1.82, 2.24) is 19.8 Å². The maximum absolute atomic E-state index is 12.5. The fourth-order valence-corrected chi connectivity index (χ4v) is 3.13. The molecule has 1 aliphatic rings. The van der Waals surface area contributed by atoms with Crippen LogP contribution in [-0.4, -0.2) is 64.9 Å². The number of morpholine rings is 1. The first-order valence-electron chi connectivity index (χ1n) is 9.07. The Morgan fingerprint density at radius 2 is 2.11 bits per heavy atom. The maximum atomic E-state index is 12.5. The first-order valence-corrected chi connectivity index (χ1v) is 9.07. The van der Waals surface area contributed by atoms with Gasteiger partial charge in [0.05, 0.1) is 30.3 Å². The summed E-state index contributed by atoms with van der Waals surface area (Å²) in [4.78, 5) is 30.4. The van der Waals surface area contributed by atoms with Crippen molar-refractivity contribution in [2.75, 3.05) is 32.8 Å². The molecule has 1 saturated heterocycles. The van der Waals surface area contributed by atoms with Crippen LogP contribution in [0.1, 0.15) is 27.3 Å². The summed E-state index contributed by atoms with van der Waals surface area (Å²) in [6.45, 7) is 3.04. The second-order valence-corrected chi connectivity index (χ2v) is 6.54. The lowest BCUT2D eigenvalue weighted by Gasteiger charge is -2.29. The summed E-state index contributed by atoms with van der Waals surface area (Å²) in [5, 5.41) is 11.0. The molecule has 1 aliphatic heterocycles. The number of hydrogen-bond acceptors (Lipinski definition) is 5. The number of carbonyl (C=O) groups is 2. The van der Waals surface area contributed by atoms with Crippen molar-refractivity contribution in [1.29, 1.82) is 5.41 Å². The summed E-state index contributed by atoms with van der Waals surface area (Å²) in [7, 11) is 1.75. The Morgan fingerprint density at radius 3 is 2.82 bits per heavy atom. The van der Waals surface area contributed by atoms with E-state index in [-0.39, 0.29) is 5.91 Å². The largest absolute Gasteiger partial charge is 0.378 e. The first-order chi connectivity index (χ1) is 13.5. The summed E-state index contributed by atoms with van der Waals surface area (Å²) in [6.07, 6.45) is 3.76. The molecule has 4 N–H and O–H groups in total. The highest BCUT2D eigenvalue weighted by molar-refractivity contribution is 6.00. The molecule has 0 unspecified atom stereocenters. The molecule has 0 saturated carbocycles. The standard InChI is InChI=1S/C19H24N6O3/c1-24-12-13(17-14(18(21)26)3-2-5-22-17)11-15(24)19(27)23-6-4-16(20)25-7-9-28-10-8-25/h2-3,5,11-12,20H,4,6-10H2,1H3,(H2,21,26)(H,23,27). The average Bonchev–Trinajstić information content (AvgIpc) is 3.10. The van der Waals surface area contributed by atoms with Crippen molar-refractivity contribution in [2.45, 2.75) is 6.42 Å². The maximum Gasteiger partial charge on any atom is 0.267 e. The summed E-state index contributed by atoms with van der Waals surface area (Å²) >= 11 is 0. The predicted molar refractivity (Wildman–Crippen MR) is 104 cm³/mol. The number of pyridine rings is 1. The van der Waals surface area contributed by atoms with E-state index in [1.165, 1.54) is 0 Å². The van der Waals surface area contributed by atoms with Gasteiger partial charge in [0, 0.05) is 51.1 Å². The minimum atomic E-state index is -0.570. The first kappa shape index (κ1) is 19.6. The smallest absolute Gasteiger partial charge is 0.267 e. The van der Waals surface area contributed by atoms with E-state index >= 15 is 0 Å². The van der Waals surface area contributed by atoms with Crippen molar-refractivity contribution in [3.05, 3.63) is 41.9 Å². The molecule has 3 heterocycles. The highest BCUT2D eigenvalue weighted by Crippen LogP contribution is 2.23. The molecular formula is C19H24N6O3. The number of aryl methyl sites for hydroxylation is 1. The Kier molecular flexibility index (Phi) is 6.05. The second-order valence-electron chi connectivity index (χ2n) is 6.54. The van der Waals surface area contributed by atoms with Crippen LogP contribution < -0.4 is 11.1 Å². The monoisotopic (exact) mass is 384 g/mol. The van der Waals surface area contributed by atoms with Crippen LogP contribution in [0, 0.1) is 5.41 Å². The lowest BCUT2D eigenvalue weighted by Crippen LogP contribution is -2.41. The van der Waals surface area contributed by atoms with E-state index in [1.807, 2.05) is 4.90 Å². The lowest BCUT2D eigenvalue weighted by atomic mass is 10.1. The molecule has 9 nitrogen and oxygen atoms in total. The molecule has 0 radical (unpaired) electrons. The number of nitrogens with two attached hydrogens (primary N) is 1. The molecule has 2 amide bonds. The van der Waals surface area contributed by atoms with Gasteiger partial charge in [-0.05, 0) is 18.2 Å². The summed E-state index contributed by atoms with van der Waals surface area (Å²) in [6, 6.07) is 4.93. The molecule has 2 aromatic heterocycles. The number of primary amides is 1. The van der Waals surface area contributed by atoms with Crippen LogP contribution >= 0.6 is 0 Å². The van der Waals surface area contributed by atoms with Crippen LogP contribution in [0.3, 0.4) is 0 Å². The fourth-order valence-electron chi connectivity index (χ4n) is 3.13. The molecule has 2 aromatic rings. The van der Waals surface area contributed by atoms with Gasteiger partial charge in [-0.25, -0.2) is 0 Å². The number of carbonyl (C=O) groups excluding carboxylic acids is 2. The number of nitrogens with zero attached hydrogens (tertiary/aromatic N) is 3. The van der Waals surface area contributed by atoms with Crippen LogP contribution in [0.2, 0.25) is 0 Å². The predicted octanol–water partition coefficient (Wildman–Crippen LogP) is 0.615. The van der Waals surface area contributed by atoms with Crippen LogP contribution in [0.4, 0.5) is 0 Å². The third-order valence-electron chi connectivity index (χ3n) is 4.62. The quantitative estimate of drug-likeness (QED) is 0.497. The molecule has 148 valence electrons. The molecular weight excluding hydrogens is 360 g/mol. The van der Waals surface area contributed by atoms with E-state index in [0.29, 0.717) is 67.6 Å². The number of amidine groups is 1. The molecule has 28 heavy (non-hydrogen) atoms. The molecule has 0 atom stereocenters. The van der Waals surface area contributed by atoms with Crippen molar-refractivity contribution in [2.24, 2.45) is 12.8 Å². The van der Waals surface area contributed by atoms with E-state index < -0.39 is 5.91 Å². The zero-order chi connectivity index (χ0) is 20.1. The van der Waals surface area contributed by atoms with Gasteiger partial charge < -0.3 is 25.3 Å². The summed E-state index contributed by atoms with van der Waals surface area (Å²) in [5.41, 5.74) is 7.24. The van der Waals surface area contributed by atoms with E-state index in [9.17, 15) is 9.59 Å². The van der Waals surface area contributed by atoms with Gasteiger partial charge in [-0.3, -0.25) is 20.0 Å². The summed E-state index contributed by atoms with van der Waals surface area (Å²) in [5.74, 6) is -0.324. The minimum absolute atomic E-state index is 0.250. The van der Waals surface area contributed by atoms with Gasteiger partial charge in [0.2, 0.25) is 0 Å². The highest BCUT2D eigenvalue weighted by atomic mass is 16.5. The molecule has 0 bridgehead atoms. The second kappa shape index (κ2) is 8.66. The van der Waals surface area contributed by atoms with Crippen LogP contribution in [0.25, 0.3) is 11.3 Å². The van der Waals surface area contributed by atoms with E-state index in [4.69, 9.17) is 15.9 Å². The Balaban J connectivity index is 1.64. The van der Waals surface area contributed by atoms with Crippen molar-refractivity contribution < 1.29 is 14.3 Å². The molecule has 0 spiro atoms. The van der Waals surface area contributed by atoms with Crippen LogP contribution in [0.15, 0.2) is 30.6 Å². The normalized spacial score (nSPS) is 14.0.